The van der Waals surface area contributed by atoms with E-state index in [1.54, 1.807) is 79.9 Å². The summed E-state index contributed by atoms with van der Waals surface area (Å²) in [7, 11) is 1.55. The first-order chi connectivity index (χ1) is 15.5. The fourth-order valence-electron chi connectivity index (χ4n) is 3.55. The highest BCUT2D eigenvalue weighted by atomic mass is 16.5. The number of nitrogens with zero attached hydrogens (tertiary/aromatic N) is 2. The second-order valence-electron chi connectivity index (χ2n) is 7.11. The molecule has 3 amide bonds. The van der Waals surface area contributed by atoms with Crippen LogP contribution in [0.3, 0.4) is 0 Å². The lowest BCUT2D eigenvalue weighted by Gasteiger charge is -2.27. The molecule has 162 valence electrons. The lowest BCUT2D eigenvalue weighted by molar-refractivity contribution is 0.0650. The highest BCUT2D eigenvalue weighted by Gasteiger charge is 2.37. The van der Waals surface area contributed by atoms with Gasteiger partial charge in [-0.3, -0.25) is 24.2 Å². The van der Waals surface area contributed by atoms with Crippen molar-refractivity contribution in [3.63, 3.8) is 0 Å². The van der Waals surface area contributed by atoms with Crippen molar-refractivity contribution in [1.29, 1.82) is 0 Å². The number of benzene rings is 3. The maximum Gasteiger partial charge on any atom is 0.263 e. The van der Waals surface area contributed by atoms with E-state index in [1.165, 1.54) is 4.90 Å². The van der Waals surface area contributed by atoms with Gasteiger partial charge in [-0.1, -0.05) is 12.1 Å². The minimum atomic E-state index is -0.427. The van der Waals surface area contributed by atoms with Gasteiger partial charge in [0.25, 0.3) is 17.7 Å². The molecule has 7 heteroatoms. The van der Waals surface area contributed by atoms with Crippen molar-refractivity contribution in [1.82, 2.24) is 4.90 Å². The molecule has 0 unspecified atom stereocenters. The zero-order valence-corrected chi connectivity index (χ0v) is 17.8. The van der Waals surface area contributed by atoms with Gasteiger partial charge in [0, 0.05) is 11.3 Å². The van der Waals surface area contributed by atoms with Gasteiger partial charge in [-0.15, -0.1) is 0 Å². The van der Waals surface area contributed by atoms with Gasteiger partial charge >= 0.3 is 0 Å². The fourth-order valence-corrected chi connectivity index (χ4v) is 3.55. The molecule has 7 nitrogen and oxygen atoms in total. The van der Waals surface area contributed by atoms with Crippen molar-refractivity contribution < 1.29 is 23.9 Å². The SMILES string of the molecule is CCOc1ccc(N(CN2C(=O)c3ccccc3C2=O)C(=O)c2ccc(OC)cc2)cc1. The Balaban J connectivity index is 1.68. The number of ether oxygens (including phenoxy) is 2. The molecule has 1 aliphatic heterocycles. The molecule has 0 aromatic heterocycles. The van der Waals surface area contributed by atoms with Crippen LogP contribution in [0.4, 0.5) is 5.69 Å². The summed E-state index contributed by atoms with van der Waals surface area (Å²) in [6.07, 6.45) is 0. The van der Waals surface area contributed by atoms with E-state index in [1.807, 2.05) is 6.92 Å². The van der Waals surface area contributed by atoms with E-state index in [0.717, 1.165) is 4.90 Å². The summed E-state index contributed by atoms with van der Waals surface area (Å²) in [5, 5.41) is 0. The van der Waals surface area contributed by atoms with Gasteiger partial charge in [-0.25, -0.2) is 0 Å². The molecule has 0 saturated heterocycles. The third kappa shape index (κ3) is 3.92. The number of carbonyl (C=O) groups excluding carboxylic acids is 3. The van der Waals surface area contributed by atoms with Crippen molar-refractivity contribution in [2.24, 2.45) is 0 Å². The van der Waals surface area contributed by atoms with Crippen LogP contribution in [0.15, 0.2) is 72.8 Å². The molecule has 0 spiro atoms. The first-order valence-corrected chi connectivity index (χ1v) is 10.2. The first-order valence-electron chi connectivity index (χ1n) is 10.2. The van der Waals surface area contributed by atoms with E-state index in [0.29, 0.717) is 40.5 Å². The van der Waals surface area contributed by atoms with Gasteiger partial charge in [0.15, 0.2) is 0 Å². The molecule has 3 aromatic carbocycles. The Morgan fingerprint density at radius 3 is 1.94 bits per heavy atom. The summed E-state index contributed by atoms with van der Waals surface area (Å²) in [6.45, 7) is 2.18. The van der Waals surface area contributed by atoms with Gasteiger partial charge in [-0.05, 0) is 67.6 Å². The summed E-state index contributed by atoms with van der Waals surface area (Å²) in [4.78, 5) is 41.7. The Kier molecular flexibility index (Phi) is 5.89. The van der Waals surface area contributed by atoms with Crippen LogP contribution in [0.1, 0.15) is 38.0 Å². The van der Waals surface area contributed by atoms with Crippen LogP contribution in [0.25, 0.3) is 0 Å². The van der Waals surface area contributed by atoms with E-state index in [2.05, 4.69) is 0 Å². The lowest BCUT2D eigenvalue weighted by Crippen LogP contribution is -2.44. The summed E-state index contributed by atoms with van der Waals surface area (Å²) in [5.41, 5.74) is 1.60. The quantitative estimate of drug-likeness (QED) is 0.530. The van der Waals surface area contributed by atoms with E-state index >= 15 is 0 Å². The summed E-state index contributed by atoms with van der Waals surface area (Å²) in [5.74, 6) is 0.0739. The van der Waals surface area contributed by atoms with E-state index in [4.69, 9.17) is 9.47 Å². The molecule has 0 radical (unpaired) electrons. The maximum atomic E-state index is 13.4. The smallest absolute Gasteiger partial charge is 0.263 e. The monoisotopic (exact) mass is 430 g/mol. The average Bonchev–Trinajstić information content (AvgIpc) is 3.08. The Labute approximate surface area is 185 Å². The van der Waals surface area contributed by atoms with Crippen LogP contribution in [0.2, 0.25) is 0 Å². The van der Waals surface area contributed by atoms with Crippen LogP contribution in [-0.4, -0.2) is 43.0 Å². The average molecular weight is 430 g/mol. The lowest BCUT2D eigenvalue weighted by atomic mass is 10.1. The molecule has 0 fully saturated rings. The highest BCUT2D eigenvalue weighted by molar-refractivity contribution is 6.22. The van der Waals surface area contributed by atoms with E-state index in [9.17, 15) is 14.4 Å². The van der Waals surface area contributed by atoms with Gasteiger partial charge in [0.05, 0.1) is 24.8 Å². The summed E-state index contributed by atoms with van der Waals surface area (Å²) in [6, 6.07) is 20.2. The molecule has 0 saturated carbocycles. The third-order valence-electron chi connectivity index (χ3n) is 5.20. The predicted octanol–water partition coefficient (Wildman–Crippen LogP) is 3.99. The van der Waals surface area contributed by atoms with Crippen LogP contribution >= 0.6 is 0 Å². The molecular formula is C25H22N2O5. The minimum absolute atomic E-state index is 0.217. The number of imide groups is 1. The first kappa shape index (κ1) is 21.1. The largest absolute Gasteiger partial charge is 0.497 e. The number of methoxy groups -OCH3 is 1. The van der Waals surface area contributed by atoms with Crippen LogP contribution in [-0.2, 0) is 0 Å². The summed E-state index contributed by atoms with van der Waals surface area (Å²) >= 11 is 0. The second-order valence-corrected chi connectivity index (χ2v) is 7.11. The van der Waals surface area contributed by atoms with Crippen molar-refractivity contribution in [3.05, 3.63) is 89.5 Å². The number of amides is 3. The molecule has 1 aliphatic rings. The Bertz CT molecular complexity index is 1120. The zero-order valence-electron chi connectivity index (χ0n) is 17.8. The topological polar surface area (TPSA) is 76.2 Å². The molecule has 0 atom stereocenters. The Morgan fingerprint density at radius 2 is 1.41 bits per heavy atom. The molecular weight excluding hydrogens is 408 g/mol. The molecule has 4 rings (SSSR count). The number of hydrogen-bond acceptors (Lipinski definition) is 5. The van der Waals surface area contributed by atoms with Crippen molar-refractivity contribution >= 4 is 23.4 Å². The summed E-state index contributed by atoms with van der Waals surface area (Å²) < 4.78 is 10.7. The van der Waals surface area contributed by atoms with Crippen LogP contribution < -0.4 is 14.4 Å². The predicted molar refractivity (Wildman–Crippen MR) is 119 cm³/mol. The van der Waals surface area contributed by atoms with Gasteiger partial charge in [0.2, 0.25) is 0 Å². The fraction of sp³-hybridized carbons (Fsp3) is 0.160. The highest BCUT2D eigenvalue weighted by Crippen LogP contribution is 2.27. The minimum Gasteiger partial charge on any atom is -0.497 e. The Hall–Kier alpha value is -4.13. The van der Waals surface area contributed by atoms with Crippen molar-refractivity contribution in [3.8, 4) is 11.5 Å². The van der Waals surface area contributed by atoms with Crippen LogP contribution in [0.5, 0.6) is 11.5 Å². The van der Waals surface area contributed by atoms with Gasteiger partial charge in [0.1, 0.15) is 18.2 Å². The molecule has 3 aromatic rings. The van der Waals surface area contributed by atoms with Crippen molar-refractivity contribution in [2.45, 2.75) is 6.92 Å². The van der Waals surface area contributed by atoms with Gasteiger partial charge < -0.3 is 9.47 Å². The van der Waals surface area contributed by atoms with Crippen molar-refractivity contribution in [2.75, 3.05) is 25.3 Å². The molecule has 1 heterocycles. The standard InChI is InChI=1S/C25H22N2O5/c1-3-32-20-14-10-18(11-15-20)26(23(28)17-8-12-19(31-2)13-9-17)16-27-24(29)21-6-4-5-7-22(21)25(27)30/h4-15H,3,16H2,1-2H3. The maximum absolute atomic E-state index is 13.4. The zero-order chi connectivity index (χ0) is 22.7. The normalized spacial score (nSPS) is 12.5. The van der Waals surface area contributed by atoms with E-state index in [-0.39, 0.29) is 12.6 Å². The third-order valence-corrected chi connectivity index (χ3v) is 5.20. The molecule has 0 aliphatic carbocycles. The second kappa shape index (κ2) is 8.93. The number of fused-ring (bicyclic) bond motifs is 1. The van der Waals surface area contributed by atoms with E-state index < -0.39 is 11.8 Å². The number of anilines is 1. The Morgan fingerprint density at radius 1 is 0.844 bits per heavy atom. The molecule has 0 bridgehead atoms. The van der Waals surface area contributed by atoms with Gasteiger partial charge in [-0.2, -0.15) is 0 Å². The number of rotatable bonds is 7. The molecule has 32 heavy (non-hydrogen) atoms. The number of hydrogen-bond donors (Lipinski definition) is 0. The number of carbonyl (C=O) groups is 3. The molecule has 0 N–H and O–H groups in total. The van der Waals surface area contributed by atoms with Crippen LogP contribution in [0, 0.1) is 0 Å².